The molecule has 2 aliphatic rings. The lowest BCUT2D eigenvalue weighted by molar-refractivity contribution is 0.100. The molecular weight excluding hydrogens is 312 g/mol. The number of alkyl halides is 1. The zero-order chi connectivity index (χ0) is 13.8. The first kappa shape index (κ1) is 14.6. The third-order valence-corrected chi connectivity index (χ3v) is 6.15. The van der Waals surface area contributed by atoms with Gasteiger partial charge in [0.2, 0.25) is 0 Å². The normalized spacial score (nSPS) is 29.9. The highest BCUT2D eigenvalue weighted by atomic mass is 79.9. The van der Waals surface area contributed by atoms with Crippen LogP contribution in [0.1, 0.15) is 60.9 Å². The maximum Gasteiger partial charge on any atom is 0.0576 e. The third kappa shape index (κ3) is 3.46. The summed E-state index contributed by atoms with van der Waals surface area (Å²) < 4.78 is 5.74. The summed E-state index contributed by atoms with van der Waals surface area (Å²) >= 11 is 3.99. The van der Waals surface area contributed by atoms with E-state index in [1.165, 1.54) is 56.9 Å². The van der Waals surface area contributed by atoms with Gasteiger partial charge in [-0.25, -0.2) is 0 Å². The van der Waals surface area contributed by atoms with E-state index in [4.69, 9.17) is 4.74 Å². The molecule has 1 saturated heterocycles. The van der Waals surface area contributed by atoms with Crippen molar-refractivity contribution in [3.8, 4) is 0 Å². The number of rotatable bonds is 4. The van der Waals surface area contributed by atoms with E-state index < -0.39 is 0 Å². The lowest BCUT2D eigenvalue weighted by atomic mass is 9.91. The Balaban J connectivity index is 1.56. The molecular formula is C18H25BrO. The highest BCUT2D eigenvalue weighted by molar-refractivity contribution is 9.09. The topological polar surface area (TPSA) is 9.23 Å². The minimum absolute atomic E-state index is 0.547. The molecule has 1 aromatic carbocycles. The van der Waals surface area contributed by atoms with Crippen molar-refractivity contribution in [2.24, 2.45) is 5.92 Å². The molecule has 0 amide bonds. The van der Waals surface area contributed by atoms with Crippen molar-refractivity contribution in [3.63, 3.8) is 0 Å². The van der Waals surface area contributed by atoms with Crippen molar-refractivity contribution in [2.75, 3.05) is 6.61 Å². The van der Waals surface area contributed by atoms with Crippen molar-refractivity contribution < 1.29 is 4.74 Å². The highest BCUT2D eigenvalue weighted by Crippen LogP contribution is 2.41. The van der Waals surface area contributed by atoms with Crippen molar-refractivity contribution in [3.05, 3.63) is 35.4 Å². The molecule has 1 aliphatic carbocycles. The van der Waals surface area contributed by atoms with Gasteiger partial charge in [0.1, 0.15) is 0 Å². The van der Waals surface area contributed by atoms with E-state index in [-0.39, 0.29) is 0 Å². The van der Waals surface area contributed by atoms with E-state index in [0.717, 1.165) is 12.5 Å². The Labute approximate surface area is 131 Å². The van der Waals surface area contributed by atoms with E-state index in [2.05, 4.69) is 40.2 Å². The highest BCUT2D eigenvalue weighted by Gasteiger charge is 2.25. The van der Waals surface area contributed by atoms with E-state index >= 15 is 0 Å². The number of hydrogen-bond acceptors (Lipinski definition) is 1. The van der Waals surface area contributed by atoms with E-state index in [0.29, 0.717) is 10.9 Å². The van der Waals surface area contributed by atoms with Crippen LogP contribution in [0.2, 0.25) is 0 Å². The van der Waals surface area contributed by atoms with Gasteiger partial charge in [0.25, 0.3) is 0 Å². The molecule has 0 radical (unpaired) electrons. The molecule has 3 atom stereocenters. The fourth-order valence-corrected chi connectivity index (χ4v) is 4.73. The average Bonchev–Trinajstić information content (AvgIpc) is 2.93. The number of aryl methyl sites for hydroxylation is 1. The Morgan fingerprint density at radius 1 is 1.10 bits per heavy atom. The minimum atomic E-state index is 0.547. The fourth-order valence-electron chi connectivity index (χ4n) is 3.76. The van der Waals surface area contributed by atoms with Gasteiger partial charge in [-0.2, -0.15) is 0 Å². The van der Waals surface area contributed by atoms with Gasteiger partial charge in [0.05, 0.1) is 6.10 Å². The molecule has 1 fully saturated rings. The molecule has 0 N–H and O–H groups in total. The molecule has 0 spiro atoms. The Kier molecular flexibility index (Phi) is 5.17. The second kappa shape index (κ2) is 7.09. The van der Waals surface area contributed by atoms with Gasteiger partial charge >= 0.3 is 0 Å². The van der Waals surface area contributed by atoms with Crippen molar-refractivity contribution in [1.82, 2.24) is 0 Å². The van der Waals surface area contributed by atoms with Crippen LogP contribution in [0.3, 0.4) is 0 Å². The number of halogens is 1. The van der Waals surface area contributed by atoms with Crippen LogP contribution in [-0.4, -0.2) is 12.7 Å². The SMILES string of the molecule is BrC1c2ccccc2CCCC1CCCC1CCCO1. The monoisotopic (exact) mass is 336 g/mol. The van der Waals surface area contributed by atoms with Gasteiger partial charge < -0.3 is 4.74 Å². The second-order valence-electron chi connectivity index (χ2n) is 6.32. The minimum Gasteiger partial charge on any atom is -0.378 e. The maximum atomic E-state index is 5.74. The first-order valence-electron chi connectivity index (χ1n) is 8.18. The summed E-state index contributed by atoms with van der Waals surface area (Å²) in [5.74, 6) is 0.792. The first-order valence-corrected chi connectivity index (χ1v) is 9.09. The van der Waals surface area contributed by atoms with Gasteiger partial charge in [0.15, 0.2) is 0 Å². The summed E-state index contributed by atoms with van der Waals surface area (Å²) in [7, 11) is 0. The smallest absolute Gasteiger partial charge is 0.0576 e. The molecule has 2 heteroatoms. The standard InChI is InChI=1S/C18H25BrO/c19-18-15(9-4-10-16-11-5-13-20-16)8-3-7-14-6-1-2-12-17(14)18/h1-2,6,12,15-16,18H,3-5,7-11,13H2. The molecule has 1 aliphatic heterocycles. The quantitative estimate of drug-likeness (QED) is 0.526. The first-order chi connectivity index (χ1) is 9.84. The number of fused-ring (bicyclic) bond motifs is 1. The van der Waals surface area contributed by atoms with Crippen LogP contribution in [0.4, 0.5) is 0 Å². The maximum absolute atomic E-state index is 5.74. The van der Waals surface area contributed by atoms with Crippen molar-refractivity contribution >= 4 is 15.9 Å². The van der Waals surface area contributed by atoms with Gasteiger partial charge in [-0.1, -0.05) is 46.6 Å². The summed E-state index contributed by atoms with van der Waals surface area (Å²) in [6.07, 6.45) is 11.0. The molecule has 110 valence electrons. The summed E-state index contributed by atoms with van der Waals surface area (Å²) in [5, 5.41) is 0. The fraction of sp³-hybridized carbons (Fsp3) is 0.667. The molecule has 1 nitrogen and oxygen atoms in total. The van der Waals surface area contributed by atoms with Crippen LogP contribution in [0, 0.1) is 5.92 Å². The zero-order valence-electron chi connectivity index (χ0n) is 12.2. The van der Waals surface area contributed by atoms with E-state index in [1.54, 1.807) is 5.56 Å². The van der Waals surface area contributed by atoms with Gasteiger partial charge in [-0.3, -0.25) is 0 Å². The largest absolute Gasteiger partial charge is 0.378 e. The van der Waals surface area contributed by atoms with Crippen LogP contribution in [0.25, 0.3) is 0 Å². The van der Waals surface area contributed by atoms with Crippen LogP contribution in [0.5, 0.6) is 0 Å². The summed E-state index contributed by atoms with van der Waals surface area (Å²) in [6.45, 7) is 0.989. The zero-order valence-corrected chi connectivity index (χ0v) is 13.8. The van der Waals surface area contributed by atoms with Crippen LogP contribution in [0.15, 0.2) is 24.3 Å². The van der Waals surface area contributed by atoms with Gasteiger partial charge in [-0.05, 0) is 62.0 Å². The van der Waals surface area contributed by atoms with Crippen LogP contribution >= 0.6 is 15.9 Å². The van der Waals surface area contributed by atoms with Crippen molar-refractivity contribution in [2.45, 2.75) is 62.3 Å². The third-order valence-electron chi connectivity index (χ3n) is 4.91. The lowest BCUT2D eigenvalue weighted by Crippen LogP contribution is -2.10. The molecule has 1 heterocycles. The lowest BCUT2D eigenvalue weighted by Gasteiger charge is -2.22. The van der Waals surface area contributed by atoms with E-state index in [9.17, 15) is 0 Å². The van der Waals surface area contributed by atoms with Gasteiger partial charge in [-0.15, -0.1) is 0 Å². The summed E-state index contributed by atoms with van der Waals surface area (Å²) in [5.41, 5.74) is 3.09. The summed E-state index contributed by atoms with van der Waals surface area (Å²) in [6, 6.07) is 8.98. The van der Waals surface area contributed by atoms with Gasteiger partial charge in [0, 0.05) is 11.4 Å². The Morgan fingerprint density at radius 3 is 2.85 bits per heavy atom. The Bertz CT molecular complexity index is 425. The van der Waals surface area contributed by atoms with Crippen LogP contribution in [-0.2, 0) is 11.2 Å². The Morgan fingerprint density at radius 2 is 2.00 bits per heavy atom. The predicted molar refractivity (Wildman–Crippen MR) is 87.4 cm³/mol. The number of ether oxygens (including phenoxy) is 1. The molecule has 0 saturated carbocycles. The molecule has 20 heavy (non-hydrogen) atoms. The number of benzene rings is 1. The second-order valence-corrected chi connectivity index (χ2v) is 7.31. The van der Waals surface area contributed by atoms with Crippen molar-refractivity contribution in [1.29, 1.82) is 0 Å². The molecule has 1 aromatic rings. The van der Waals surface area contributed by atoms with E-state index in [1.807, 2.05) is 0 Å². The molecule has 0 bridgehead atoms. The Hall–Kier alpha value is -0.340. The predicted octanol–water partition coefficient (Wildman–Crippen LogP) is 5.42. The molecule has 3 rings (SSSR count). The van der Waals surface area contributed by atoms with Crippen LogP contribution < -0.4 is 0 Å². The number of hydrogen-bond donors (Lipinski definition) is 0. The molecule has 0 aromatic heterocycles. The summed E-state index contributed by atoms with van der Waals surface area (Å²) in [4.78, 5) is 0.547. The average molecular weight is 337 g/mol. The molecule has 3 unspecified atom stereocenters.